The molecule has 2 N–H and O–H groups in total. The topological polar surface area (TPSA) is 103 Å². The normalized spacial score (nSPS) is 10.0. The lowest BCUT2D eigenvalue weighted by Gasteiger charge is -2.14. The van der Waals surface area contributed by atoms with E-state index in [1.165, 1.54) is 31.6 Å². The van der Waals surface area contributed by atoms with Crippen LogP contribution in [0.4, 0.5) is 4.79 Å². The standard InChI is InChI=1S/C20H22N2O6S/c1-4-6-13-9-14(10-16(26-2)18(13)27-3)19(24)28-12-17(23)22-20(25)21-11-15-7-5-8-29-15/h4-5,7-10H,1,6,11-12H2,2-3H3,(H2,21,22,23,25). The van der Waals surface area contributed by atoms with E-state index in [0.717, 1.165) is 4.88 Å². The lowest BCUT2D eigenvalue weighted by Crippen LogP contribution is -2.41. The summed E-state index contributed by atoms with van der Waals surface area (Å²) in [5.41, 5.74) is 0.876. The highest BCUT2D eigenvalue weighted by molar-refractivity contribution is 7.09. The van der Waals surface area contributed by atoms with Crippen molar-refractivity contribution < 1.29 is 28.6 Å². The molecule has 1 aromatic carbocycles. The number of ether oxygens (including phenoxy) is 3. The van der Waals surface area contributed by atoms with Crippen molar-refractivity contribution in [3.63, 3.8) is 0 Å². The predicted octanol–water partition coefficient (Wildman–Crippen LogP) is 2.68. The van der Waals surface area contributed by atoms with E-state index in [9.17, 15) is 14.4 Å². The van der Waals surface area contributed by atoms with Gasteiger partial charge in [0.05, 0.1) is 26.3 Å². The number of benzene rings is 1. The van der Waals surface area contributed by atoms with Crippen LogP contribution in [0.25, 0.3) is 0 Å². The Morgan fingerprint density at radius 1 is 1.21 bits per heavy atom. The SMILES string of the molecule is C=CCc1cc(C(=O)OCC(=O)NC(=O)NCc2cccs2)cc(OC)c1OC. The summed E-state index contributed by atoms with van der Waals surface area (Å²) in [6, 6.07) is 6.09. The monoisotopic (exact) mass is 418 g/mol. The summed E-state index contributed by atoms with van der Waals surface area (Å²) >= 11 is 1.48. The second-order valence-corrected chi connectivity index (χ2v) is 6.78. The molecule has 9 heteroatoms. The number of hydrogen-bond acceptors (Lipinski definition) is 7. The average Bonchev–Trinajstić information content (AvgIpc) is 3.23. The zero-order valence-electron chi connectivity index (χ0n) is 16.2. The summed E-state index contributed by atoms with van der Waals surface area (Å²) < 4.78 is 15.6. The first-order valence-electron chi connectivity index (χ1n) is 8.61. The van der Waals surface area contributed by atoms with Gasteiger partial charge in [0.15, 0.2) is 18.1 Å². The molecule has 8 nitrogen and oxygen atoms in total. The van der Waals surface area contributed by atoms with Crippen molar-refractivity contribution in [2.45, 2.75) is 13.0 Å². The van der Waals surface area contributed by atoms with Gasteiger partial charge in [-0.2, -0.15) is 0 Å². The molecule has 1 aromatic heterocycles. The molecule has 1 heterocycles. The number of imide groups is 1. The van der Waals surface area contributed by atoms with Crippen LogP contribution in [0.15, 0.2) is 42.3 Å². The van der Waals surface area contributed by atoms with Gasteiger partial charge in [0.1, 0.15) is 0 Å². The Bertz CT molecular complexity index is 879. The molecule has 0 bridgehead atoms. The summed E-state index contributed by atoms with van der Waals surface area (Å²) in [6.07, 6.45) is 2.11. The third-order valence-corrected chi connectivity index (χ3v) is 4.62. The van der Waals surface area contributed by atoms with Crippen LogP contribution < -0.4 is 20.1 Å². The number of methoxy groups -OCH3 is 2. The van der Waals surface area contributed by atoms with E-state index in [4.69, 9.17) is 14.2 Å². The van der Waals surface area contributed by atoms with Crippen molar-refractivity contribution >= 4 is 29.2 Å². The highest BCUT2D eigenvalue weighted by Crippen LogP contribution is 2.33. The maximum absolute atomic E-state index is 12.3. The van der Waals surface area contributed by atoms with Crippen molar-refractivity contribution in [2.24, 2.45) is 0 Å². The Balaban J connectivity index is 1.92. The van der Waals surface area contributed by atoms with E-state index in [0.29, 0.717) is 30.0 Å². The number of rotatable bonds is 9. The Morgan fingerprint density at radius 3 is 2.62 bits per heavy atom. The Morgan fingerprint density at radius 2 is 2.00 bits per heavy atom. The molecule has 0 saturated carbocycles. The van der Waals surface area contributed by atoms with Gasteiger partial charge < -0.3 is 19.5 Å². The first-order valence-corrected chi connectivity index (χ1v) is 9.49. The molecular weight excluding hydrogens is 396 g/mol. The minimum Gasteiger partial charge on any atom is -0.493 e. The van der Waals surface area contributed by atoms with E-state index in [1.807, 2.05) is 17.5 Å². The largest absolute Gasteiger partial charge is 0.493 e. The molecule has 29 heavy (non-hydrogen) atoms. The molecule has 3 amide bonds. The van der Waals surface area contributed by atoms with Gasteiger partial charge in [-0.25, -0.2) is 9.59 Å². The van der Waals surface area contributed by atoms with Crippen molar-refractivity contribution in [2.75, 3.05) is 20.8 Å². The highest BCUT2D eigenvalue weighted by atomic mass is 32.1. The minimum atomic E-state index is -0.742. The molecule has 0 radical (unpaired) electrons. The molecular formula is C20H22N2O6S. The summed E-state index contributed by atoms with van der Waals surface area (Å²) in [7, 11) is 2.95. The minimum absolute atomic E-state index is 0.189. The molecule has 0 aliphatic rings. The number of amides is 3. The van der Waals surface area contributed by atoms with Gasteiger partial charge in [-0.15, -0.1) is 17.9 Å². The van der Waals surface area contributed by atoms with Gasteiger partial charge in [0, 0.05) is 10.4 Å². The van der Waals surface area contributed by atoms with Crippen LogP contribution in [0.1, 0.15) is 20.8 Å². The summed E-state index contributed by atoms with van der Waals surface area (Å²) in [4.78, 5) is 36.8. The highest BCUT2D eigenvalue weighted by Gasteiger charge is 2.18. The second-order valence-electron chi connectivity index (χ2n) is 5.75. The summed E-state index contributed by atoms with van der Waals surface area (Å²) in [5, 5.41) is 6.53. The van der Waals surface area contributed by atoms with Gasteiger partial charge >= 0.3 is 12.0 Å². The van der Waals surface area contributed by atoms with Crippen LogP contribution in [0.5, 0.6) is 11.5 Å². The van der Waals surface area contributed by atoms with Crippen LogP contribution in [0, 0.1) is 0 Å². The smallest absolute Gasteiger partial charge is 0.338 e. The molecule has 0 aliphatic heterocycles. The van der Waals surface area contributed by atoms with Crippen LogP contribution in [-0.2, 0) is 22.5 Å². The van der Waals surface area contributed by atoms with E-state index in [2.05, 4.69) is 17.2 Å². The van der Waals surface area contributed by atoms with Gasteiger partial charge in [-0.1, -0.05) is 12.1 Å². The van der Waals surface area contributed by atoms with Gasteiger partial charge in [0.25, 0.3) is 5.91 Å². The van der Waals surface area contributed by atoms with Crippen LogP contribution in [0.2, 0.25) is 0 Å². The molecule has 0 fully saturated rings. The van der Waals surface area contributed by atoms with Gasteiger partial charge in [-0.05, 0) is 30.0 Å². The van der Waals surface area contributed by atoms with Crippen LogP contribution >= 0.6 is 11.3 Å². The van der Waals surface area contributed by atoms with Crippen LogP contribution in [0.3, 0.4) is 0 Å². The average molecular weight is 418 g/mol. The molecule has 0 atom stereocenters. The number of hydrogen-bond donors (Lipinski definition) is 2. The third-order valence-electron chi connectivity index (χ3n) is 3.75. The molecule has 0 unspecified atom stereocenters. The molecule has 2 rings (SSSR count). The van der Waals surface area contributed by atoms with Gasteiger partial charge in [0.2, 0.25) is 0 Å². The maximum Gasteiger partial charge on any atom is 0.338 e. The Labute approximate surface area is 172 Å². The van der Waals surface area contributed by atoms with E-state index < -0.39 is 24.5 Å². The summed E-state index contributed by atoms with van der Waals surface area (Å²) in [6.45, 7) is 3.38. The Kier molecular flexibility index (Phi) is 8.23. The first-order chi connectivity index (χ1) is 14.0. The van der Waals surface area contributed by atoms with Crippen molar-refractivity contribution in [1.82, 2.24) is 10.6 Å². The third kappa shape index (κ3) is 6.35. The lowest BCUT2D eigenvalue weighted by molar-refractivity contribution is -0.123. The number of thiophene rings is 1. The molecule has 0 saturated heterocycles. The number of allylic oxidation sites excluding steroid dienone is 1. The van der Waals surface area contributed by atoms with Gasteiger partial charge in [-0.3, -0.25) is 10.1 Å². The molecule has 154 valence electrons. The predicted molar refractivity (Wildman–Crippen MR) is 108 cm³/mol. The van der Waals surface area contributed by atoms with Crippen molar-refractivity contribution in [3.05, 3.63) is 58.3 Å². The fraction of sp³-hybridized carbons (Fsp3) is 0.250. The number of carbonyl (C=O) groups excluding carboxylic acids is 3. The number of esters is 1. The van der Waals surface area contributed by atoms with Crippen molar-refractivity contribution in [3.8, 4) is 11.5 Å². The van der Waals surface area contributed by atoms with E-state index in [1.54, 1.807) is 12.1 Å². The first kappa shape index (κ1) is 22.0. The summed E-state index contributed by atoms with van der Waals surface area (Å²) in [5.74, 6) is -0.625. The van der Waals surface area contributed by atoms with E-state index >= 15 is 0 Å². The molecule has 0 aliphatic carbocycles. The molecule has 2 aromatic rings. The zero-order valence-corrected chi connectivity index (χ0v) is 17.0. The lowest BCUT2D eigenvalue weighted by atomic mass is 10.1. The number of nitrogens with one attached hydrogen (secondary N) is 2. The molecule has 0 spiro atoms. The fourth-order valence-electron chi connectivity index (χ4n) is 2.47. The van der Waals surface area contributed by atoms with Crippen molar-refractivity contribution in [1.29, 1.82) is 0 Å². The number of urea groups is 1. The second kappa shape index (κ2) is 10.9. The fourth-order valence-corrected chi connectivity index (χ4v) is 3.11. The maximum atomic E-state index is 12.3. The van der Waals surface area contributed by atoms with Crippen LogP contribution in [-0.4, -0.2) is 38.7 Å². The Hall–Kier alpha value is -3.33. The van der Waals surface area contributed by atoms with E-state index in [-0.39, 0.29) is 5.56 Å². The quantitative estimate of drug-likeness (QED) is 0.479. The number of carbonyl (C=O) groups is 3. The zero-order chi connectivity index (χ0) is 21.2.